The second kappa shape index (κ2) is 7.50. The van der Waals surface area contributed by atoms with Crippen LogP contribution in [0.15, 0.2) is 0 Å². The van der Waals surface area contributed by atoms with E-state index in [-0.39, 0.29) is 12.2 Å². The Hall–Kier alpha value is 0.190. The molecule has 0 aliphatic carbocycles. The Morgan fingerprint density at radius 3 is 2.25 bits per heavy atom. The molecule has 0 bridgehead atoms. The van der Waals surface area contributed by atoms with Gasteiger partial charge < -0.3 is 15.2 Å². The fraction of sp³-hybridized carbons (Fsp3) is 1.00. The topological polar surface area (TPSA) is 47.7 Å². The van der Waals surface area contributed by atoms with Crippen LogP contribution in [-0.4, -0.2) is 69.0 Å². The first-order chi connectivity index (χ1) is 7.76. The van der Waals surface area contributed by atoms with E-state index < -0.39 is 0 Å². The van der Waals surface area contributed by atoms with E-state index in [1.54, 1.807) is 14.2 Å². The van der Waals surface area contributed by atoms with E-state index in [1.807, 2.05) is 11.8 Å². The van der Waals surface area contributed by atoms with Gasteiger partial charge in [-0.15, -0.1) is 0 Å². The quantitative estimate of drug-likeness (QED) is 0.707. The Morgan fingerprint density at radius 1 is 1.31 bits per heavy atom. The average molecular weight is 248 g/mol. The van der Waals surface area contributed by atoms with E-state index in [0.29, 0.717) is 12.6 Å². The molecule has 0 amide bonds. The van der Waals surface area contributed by atoms with Crippen LogP contribution < -0.4 is 5.73 Å². The monoisotopic (exact) mass is 248 g/mol. The third-order valence-electron chi connectivity index (χ3n) is 3.29. The number of methoxy groups -OCH3 is 2. The van der Waals surface area contributed by atoms with Crippen LogP contribution in [0.25, 0.3) is 0 Å². The third kappa shape index (κ3) is 3.60. The van der Waals surface area contributed by atoms with Crippen LogP contribution in [0, 0.1) is 0 Å². The SMILES string of the molecule is COC1CN(C(CN)CCSC)CC1OC. The molecule has 1 fully saturated rings. The predicted molar refractivity (Wildman–Crippen MR) is 69.0 cm³/mol. The summed E-state index contributed by atoms with van der Waals surface area (Å²) in [4.78, 5) is 2.40. The van der Waals surface area contributed by atoms with Crippen LogP contribution in [-0.2, 0) is 9.47 Å². The highest BCUT2D eigenvalue weighted by molar-refractivity contribution is 7.98. The molecule has 0 saturated carbocycles. The van der Waals surface area contributed by atoms with Crippen molar-refractivity contribution in [3.05, 3.63) is 0 Å². The molecule has 1 aliphatic rings. The van der Waals surface area contributed by atoms with Crippen molar-refractivity contribution in [3.8, 4) is 0 Å². The lowest BCUT2D eigenvalue weighted by molar-refractivity contribution is -0.00461. The van der Waals surface area contributed by atoms with Gasteiger partial charge in [-0.1, -0.05) is 0 Å². The summed E-state index contributed by atoms with van der Waals surface area (Å²) in [6.45, 7) is 2.59. The summed E-state index contributed by atoms with van der Waals surface area (Å²) in [7, 11) is 3.50. The molecule has 0 radical (unpaired) electrons. The fourth-order valence-corrected chi connectivity index (χ4v) is 2.73. The highest BCUT2D eigenvalue weighted by Crippen LogP contribution is 2.19. The molecule has 2 N–H and O–H groups in total. The summed E-state index contributed by atoms with van der Waals surface area (Å²) in [5.41, 5.74) is 5.83. The summed E-state index contributed by atoms with van der Waals surface area (Å²) >= 11 is 1.87. The van der Waals surface area contributed by atoms with Crippen LogP contribution in [0.3, 0.4) is 0 Å². The molecule has 1 heterocycles. The van der Waals surface area contributed by atoms with Crippen molar-refractivity contribution in [1.29, 1.82) is 0 Å². The van der Waals surface area contributed by atoms with Crippen molar-refractivity contribution < 1.29 is 9.47 Å². The summed E-state index contributed by atoms with van der Waals surface area (Å²) in [5, 5.41) is 0. The Kier molecular flexibility index (Phi) is 6.68. The van der Waals surface area contributed by atoms with E-state index in [9.17, 15) is 0 Å². The molecule has 96 valence electrons. The smallest absolute Gasteiger partial charge is 0.0971 e. The number of ether oxygens (including phenoxy) is 2. The maximum atomic E-state index is 5.83. The number of rotatable bonds is 7. The molecule has 4 nitrogen and oxygen atoms in total. The van der Waals surface area contributed by atoms with E-state index in [1.165, 1.54) is 0 Å². The van der Waals surface area contributed by atoms with E-state index >= 15 is 0 Å². The van der Waals surface area contributed by atoms with Gasteiger partial charge >= 0.3 is 0 Å². The van der Waals surface area contributed by atoms with Gasteiger partial charge in [-0.2, -0.15) is 11.8 Å². The number of hydrogen-bond acceptors (Lipinski definition) is 5. The van der Waals surface area contributed by atoms with Gasteiger partial charge in [0.1, 0.15) is 0 Å². The van der Waals surface area contributed by atoms with Crippen molar-refractivity contribution in [2.75, 3.05) is 45.9 Å². The van der Waals surface area contributed by atoms with Gasteiger partial charge in [0.2, 0.25) is 0 Å². The molecular formula is C11H24N2O2S. The van der Waals surface area contributed by atoms with Crippen molar-refractivity contribution in [2.24, 2.45) is 5.73 Å². The molecule has 0 spiro atoms. The maximum absolute atomic E-state index is 5.83. The molecule has 1 rings (SSSR count). The van der Waals surface area contributed by atoms with Crippen LogP contribution in [0.4, 0.5) is 0 Å². The highest BCUT2D eigenvalue weighted by Gasteiger charge is 2.35. The zero-order valence-corrected chi connectivity index (χ0v) is 11.3. The molecular weight excluding hydrogens is 224 g/mol. The summed E-state index contributed by atoms with van der Waals surface area (Å²) < 4.78 is 10.9. The minimum absolute atomic E-state index is 0.188. The first-order valence-corrected chi connectivity index (χ1v) is 7.14. The zero-order valence-electron chi connectivity index (χ0n) is 10.5. The maximum Gasteiger partial charge on any atom is 0.0971 e. The lowest BCUT2D eigenvalue weighted by Crippen LogP contribution is -2.40. The van der Waals surface area contributed by atoms with Gasteiger partial charge in [-0.3, -0.25) is 4.90 Å². The first-order valence-electron chi connectivity index (χ1n) is 5.75. The van der Waals surface area contributed by atoms with E-state index in [4.69, 9.17) is 15.2 Å². The van der Waals surface area contributed by atoms with Crippen LogP contribution in [0.1, 0.15) is 6.42 Å². The second-order valence-corrected chi connectivity index (χ2v) is 5.16. The molecule has 0 aromatic carbocycles. The van der Waals surface area contributed by atoms with Crippen molar-refractivity contribution in [2.45, 2.75) is 24.7 Å². The molecule has 3 unspecified atom stereocenters. The van der Waals surface area contributed by atoms with Gasteiger partial charge in [0.25, 0.3) is 0 Å². The molecule has 1 aliphatic heterocycles. The Balaban J connectivity index is 2.47. The molecule has 0 aromatic rings. The Bertz CT molecular complexity index is 183. The molecule has 5 heteroatoms. The molecule has 3 atom stereocenters. The summed E-state index contributed by atoms with van der Waals surface area (Å²) in [6.07, 6.45) is 3.65. The predicted octanol–water partition coefficient (Wildman–Crippen LogP) is 0.412. The van der Waals surface area contributed by atoms with Gasteiger partial charge in [0.15, 0.2) is 0 Å². The average Bonchev–Trinajstić information content (AvgIpc) is 2.73. The van der Waals surface area contributed by atoms with Gasteiger partial charge in [-0.25, -0.2) is 0 Å². The minimum Gasteiger partial charge on any atom is -0.377 e. The first kappa shape index (κ1) is 14.3. The van der Waals surface area contributed by atoms with Crippen LogP contribution in [0.2, 0.25) is 0 Å². The highest BCUT2D eigenvalue weighted by atomic mass is 32.2. The fourth-order valence-electron chi connectivity index (χ4n) is 2.23. The largest absolute Gasteiger partial charge is 0.377 e. The van der Waals surface area contributed by atoms with Crippen molar-refractivity contribution >= 4 is 11.8 Å². The Morgan fingerprint density at radius 2 is 1.88 bits per heavy atom. The number of nitrogens with zero attached hydrogens (tertiary/aromatic N) is 1. The number of likely N-dealkylation sites (tertiary alicyclic amines) is 1. The second-order valence-electron chi connectivity index (χ2n) is 4.17. The molecule has 1 saturated heterocycles. The standard InChI is InChI=1S/C11H24N2O2S/c1-14-10-7-13(8-11(10)15-2)9(6-12)4-5-16-3/h9-11H,4-8,12H2,1-3H3. The molecule has 0 aromatic heterocycles. The van der Waals surface area contributed by atoms with Crippen molar-refractivity contribution in [3.63, 3.8) is 0 Å². The van der Waals surface area contributed by atoms with Crippen molar-refractivity contribution in [1.82, 2.24) is 4.90 Å². The van der Waals surface area contributed by atoms with Gasteiger partial charge in [-0.05, 0) is 18.4 Å². The summed E-state index contributed by atoms with van der Waals surface area (Å²) in [6, 6.07) is 0.463. The number of hydrogen-bond donors (Lipinski definition) is 1. The van der Waals surface area contributed by atoms with Crippen LogP contribution >= 0.6 is 11.8 Å². The van der Waals surface area contributed by atoms with Crippen LogP contribution in [0.5, 0.6) is 0 Å². The number of nitrogens with two attached hydrogens (primary N) is 1. The Labute approximate surface area is 103 Å². The minimum atomic E-state index is 0.188. The van der Waals surface area contributed by atoms with E-state index in [0.717, 1.165) is 25.3 Å². The molecule has 16 heavy (non-hydrogen) atoms. The lowest BCUT2D eigenvalue weighted by Gasteiger charge is -2.26. The normalized spacial score (nSPS) is 28.5. The van der Waals surface area contributed by atoms with Gasteiger partial charge in [0, 0.05) is 39.9 Å². The van der Waals surface area contributed by atoms with Gasteiger partial charge in [0.05, 0.1) is 12.2 Å². The zero-order chi connectivity index (χ0) is 12.0. The lowest BCUT2D eigenvalue weighted by atomic mass is 10.2. The summed E-state index contributed by atoms with van der Waals surface area (Å²) in [5.74, 6) is 1.16. The third-order valence-corrected chi connectivity index (χ3v) is 3.94. The van der Waals surface area contributed by atoms with E-state index in [2.05, 4.69) is 11.2 Å². The number of thioether (sulfide) groups is 1.